The number of amides is 3. The van der Waals surface area contributed by atoms with Gasteiger partial charge in [0, 0.05) is 42.7 Å². The molecule has 0 spiro atoms. The normalized spacial score (nSPS) is 19.9. The van der Waals surface area contributed by atoms with Crippen molar-refractivity contribution < 1.29 is 14.4 Å². The van der Waals surface area contributed by atoms with Crippen LogP contribution in [0.2, 0.25) is 5.02 Å². The third-order valence-corrected chi connectivity index (χ3v) is 6.31. The molecule has 1 aromatic carbocycles. The fourth-order valence-corrected chi connectivity index (χ4v) is 4.41. The minimum Gasteiger partial charge on any atom is -0.353 e. The maximum Gasteiger partial charge on any atom is 0.251 e. The average Bonchev–Trinajstić information content (AvgIpc) is 2.77. The van der Waals surface area contributed by atoms with Crippen LogP contribution in [0.3, 0.4) is 0 Å². The molecular formula is C23H32ClN3O3. The highest BCUT2D eigenvalue weighted by atomic mass is 35.5. The number of rotatable bonds is 7. The standard InChI is InChI=1S/C23H32ClN3O3/c24-19-12-10-17(11-13-19)22(29)25-14-4-9-21(28)27-15-5-6-18(16-27)23(30)26-20-7-2-1-3-8-20/h10-13,18,20H,1-9,14-16H2,(H,25,29)(H,26,30). The zero-order valence-corrected chi connectivity index (χ0v) is 18.3. The summed E-state index contributed by atoms with van der Waals surface area (Å²) in [6.45, 7) is 1.66. The molecule has 1 atom stereocenters. The van der Waals surface area contributed by atoms with Gasteiger partial charge in [-0.1, -0.05) is 30.9 Å². The Morgan fingerprint density at radius 3 is 2.47 bits per heavy atom. The lowest BCUT2D eigenvalue weighted by Crippen LogP contribution is -2.48. The van der Waals surface area contributed by atoms with Gasteiger partial charge < -0.3 is 15.5 Å². The van der Waals surface area contributed by atoms with Crippen LogP contribution >= 0.6 is 11.6 Å². The number of carbonyl (C=O) groups is 3. The van der Waals surface area contributed by atoms with Crippen LogP contribution in [0.5, 0.6) is 0 Å². The number of halogens is 1. The topological polar surface area (TPSA) is 78.5 Å². The molecule has 1 saturated carbocycles. The first-order chi connectivity index (χ1) is 14.5. The van der Waals surface area contributed by atoms with Crippen molar-refractivity contribution in [2.24, 2.45) is 5.92 Å². The van der Waals surface area contributed by atoms with Crippen molar-refractivity contribution in [1.82, 2.24) is 15.5 Å². The van der Waals surface area contributed by atoms with E-state index in [1.54, 1.807) is 24.3 Å². The highest BCUT2D eigenvalue weighted by Crippen LogP contribution is 2.21. The Bertz CT molecular complexity index is 732. The molecule has 0 radical (unpaired) electrons. The van der Waals surface area contributed by atoms with Crippen LogP contribution in [0.4, 0.5) is 0 Å². The number of hydrogen-bond donors (Lipinski definition) is 2. The van der Waals surface area contributed by atoms with Gasteiger partial charge in [0.15, 0.2) is 0 Å². The Balaban J connectivity index is 1.36. The molecule has 1 saturated heterocycles. The summed E-state index contributed by atoms with van der Waals surface area (Å²) in [5.41, 5.74) is 0.550. The van der Waals surface area contributed by atoms with E-state index in [0.29, 0.717) is 49.1 Å². The lowest BCUT2D eigenvalue weighted by atomic mass is 9.93. The Labute approximate surface area is 183 Å². The van der Waals surface area contributed by atoms with Crippen LogP contribution in [0.25, 0.3) is 0 Å². The molecule has 2 aliphatic rings. The molecule has 1 aliphatic carbocycles. The molecule has 164 valence electrons. The van der Waals surface area contributed by atoms with Gasteiger partial charge in [-0.15, -0.1) is 0 Å². The maximum absolute atomic E-state index is 12.6. The number of nitrogens with one attached hydrogen (secondary N) is 2. The first kappa shape index (κ1) is 22.6. The summed E-state index contributed by atoms with van der Waals surface area (Å²) < 4.78 is 0. The van der Waals surface area contributed by atoms with Gasteiger partial charge in [0.05, 0.1) is 5.92 Å². The van der Waals surface area contributed by atoms with Crippen LogP contribution in [0, 0.1) is 5.92 Å². The van der Waals surface area contributed by atoms with Crippen molar-refractivity contribution in [3.05, 3.63) is 34.9 Å². The third kappa shape index (κ3) is 6.73. The first-order valence-corrected chi connectivity index (χ1v) is 11.5. The lowest BCUT2D eigenvalue weighted by Gasteiger charge is -2.33. The number of benzene rings is 1. The van der Waals surface area contributed by atoms with Gasteiger partial charge in [0.1, 0.15) is 0 Å². The van der Waals surface area contributed by atoms with E-state index >= 15 is 0 Å². The summed E-state index contributed by atoms with van der Waals surface area (Å²) in [6, 6.07) is 7.01. The van der Waals surface area contributed by atoms with Crippen LogP contribution in [-0.2, 0) is 9.59 Å². The molecule has 1 aliphatic heterocycles. The molecule has 30 heavy (non-hydrogen) atoms. The molecule has 1 heterocycles. The predicted octanol–water partition coefficient (Wildman–Crippen LogP) is 3.54. The zero-order chi connectivity index (χ0) is 21.3. The van der Waals surface area contributed by atoms with E-state index in [1.807, 2.05) is 4.90 Å². The third-order valence-electron chi connectivity index (χ3n) is 6.06. The number of nitrogens with zero attached hydrogens (tertiary/aromatic N) is 1. The van der Waals surface area contributed by atoms with Gasteiger partial charge >= 0.3 is 0 Å². The Morgan fingerprint density at radius 2 is 1.73 bits per heavy atom. The van der Waals surface area contributed by atoms with E-state index in [2.05, 4.69) is 10.6 Å². The molecule has 6 nitrogen and oxygen atoms in total. The number of carbonyl (C=O) groups excluding carboxylic acids is 3. The summed E-state index contributed by atoms with van der Waals surface area (Å²) in [7, 11) is 0. The van der Waals surface area contributed by atoms with Crippen molar-refractivity contribution in [3.8, 4) is 0 Å². The monoisotopic (exact) mass is 433 g/mol. The van der Waals surface area contributed by atoms with Crippen LogP contribution < -0.4 is 10.6 Å². The maximum atomic E-state index is 12.6. The Kier molecular flexibility index (Phi) is 8.55. The van der Waals surface area contributed by atoms with Crippen LogP contribution in [0.1, 0.15) is 68.1 Å². The SMILES string of the molecule is O=C(NCCCC(=O)N1CCCC(C(=O)NC2CCCCC2)C1)c1ccc(Cl)cc1. The van der Waals surface area contributed by atoms with Crippen LogP contribution in [0.15, 0.2) is 24.3 Å². The minimum absolute atomic E-state index is 0.0610. The first-order valence-electron chi connectivity index (χ1n) is 11.1. The number of likely N-dealkylation sites (tertiary alicyclic amines) is 1. The molecule has 2 fully saturated rings. The predicted molar refractivity (Wildman–Crippen MR) is 117 cm³/mol. The molecule has 3 amide bonds. The second-order valence-electron chi connectivity index (χ2n) is 8.39. The van der Waals surface area contributed by atoms with Gasteiger partial charge in [-0.3, -0.25) is 14.4 Å². The Morgan fingerprint density at radius 1 is 1.00 bits per heavy atom. The van der Waals surface area contributed by atoms with Gasteiger partial charge in [-0.2, -0.15) is 0 Å². The quantitative estimate of drug-likeness (QED) is 0.645. The van der Waals surface area contributed by atoms with E-state index in [-0.39, 0.29) is 23.6 Å². The second kappa shape index (κ2) is 11.3. The highest BCUT2D eigenvalue weighted by Gasteiger charge is 2.29. The summed E-state index contributed by atoms with van der Waals surface area (Å²) in [4.78, 5) is 39.1. The van der Waals surface area contributed by atoms with E-state index < -0.39 is 0 Å². The van der Waals surface area contributed by atoms with Crippen molar-refractivity contribution in [2.75, 3.05) is 19.6 Å². The average molecular weight is 434 g/mol. The molecule has 0 aromatic heterocycles. The molecule has 7 heteroatoms. The zero-order valence-electron chi connectivity index (χ0n) is 17.5. The Hall–Kier alpha value is -2.08. The van der Waals surface area contributed by atoms with Gasteiger partial charge in [0.25, 0.3) is 5.91 Å². The van der Waals surface area contributed by atoms with Crippen LogP contribution in [-0.4, -0.2) is 48.3 Å². The van der Waals surface area contributed by atoms with E-state index in [0.717, 1.165) is 25.7 Å². The van der Waals surface area contributed by atoms with Crippen molar-refractivity contribution in [1.29, 1.82) is 0 Å². The fourth-order valence-electron chi connectivity index (χ4n) is 4.29. The van der Waals surface area contributed by atoms with Crippen molar-refractivity contribution in [2.45, 2.75) is 63.8 Å². The number of hydrogen-bond acceptors (Lipinski definition) is 3. The molecule has 0 bridgehead atoms. The second-order valence-corrected chi connectivity index (χ2v) is 8.83. The molecule has 3 rings (SSSR count). The smallest absolute Gasteiger partial charge is 0.251 e. The van der Waals surface area contributed by atoms with Crippen molar-refractivity contribution >= 4 is 29.3 Å². The summed E-state index contributed by atoms with van der Waals surface area (Å²) in [5, 5.41) is 6.62. The molecular weight excluding hydrogens is 402 g/mol. The van der Waals surface area contributed by atoms with Gasteiger partial charge in [0.2, 0.25) is 11.8 Å². The van der Waals surface area contributed by atoms with E-state index in [1.165, 1.54) is 19.3 Å². The molecule has 2 N–H and O–H groups in total. The summed E-state index contributed by atoms with van der Waals surface area (Å²) in [5.74, 6) is -0.105. The van der Waals surface area contributed by atoms with E-state index in [9.17, 15) is 14.4 Å². The molecule has 1 unspecified atom stereocenters. The lowest BCUT2D eigenvalue weighted by molar-refractivity contribution is -0.136. The largest absolute Gasteiger partial charge is 0.353 e. The number of piperidine rings is 1. The minimum atomic E-state index is -0.170. The van der Waals surface area contributed by atoms with Gasteiger partial charge in [-0.05, 0) is 56.4 Å². The summed E-state index contributed by atoms with van der Waals surface area (Å²) in [6.07, 6.45) is 8.44. The highest BCUT2D eigenvalue weighted by molar-refractivity contribution is 6.30. The van der Waals surface area contributed by atoms with Gasteiger partial charge in [-0.25, -0.2) is 0 Å². The van der Waals surface area contributed by atoms with Crippen molar-refractivity contribution in [3.63, 3.8) is 0 Å². The fraction of sp³-hybridized carbons (Fsp3) is 0.609. The summed E-state index contributed by atoms with van der Waals surface area (Å²) >= 11 is 5.83. The molecule has 1 aromatic rings. The van der Waals surface area contributed by atoms with E-state index in [4.69, 9.17) is 11.6 Å².